The second kappa shape index (κ2) is 8.65. The van der Waals surface area contributed by atoms with Crippen molar-refractivity contribution < 1.29 is 19.0 Å². The first-order chi connectivity index (χ1) is 12.2. The van der Waals surface area contributed by atoms with Crippen molar-refractivity contribution in [2.75, 3.05) is 59.7 Å². The zero-order valence-corrected chi connectivity index (χ0v) is 15.1. The van der Waals surface area contributed by atoms with E-state index in [1.165, 1.54) is 0 Å². The molecule has 2 fully saturated rings. The van der Waals surface area contributed by atoms with Crippen molar-refractivity contribution in [1.82, 2.24) is 9.80 Å². The van der Waals surface area contributed by atoms with Crippen LogP contribution in [0.5, 0.6) is 5.75 Å². The molecule has 3 rings (SSSR count). The fraction of sp³-hybridized carbons (Fsp3) is 0.632. The number of nitrogens with zero attached hydrogens (tertiary/aromatic N) is 2. The van der Waals surface area contributed by atoms with Crippen LogP contribution in [-0.2, 0) is 9.47 Å². The van der Waals surface area contributed by atoms with Crippen molar-refractivity contribution in [1.29, 1.82) is 0 Å². The standard InChI is InChI=1S/C19H28N2O4/c1-15-13-21(14-17(15)20-7-9-24-10-8-20)19(22)16-5-3-4-6-18(16)25-12-11-23-2/h3-6,15,17H,7-14H2,1-2H3/t15-,17-/m0/s1. The van der Waals surface area contributed by atoms with Crippen LogP contribution in [0, 0.1) is 5.92 Å². The van der Waals surface area contributed by atoms with Gasteiger partial charge in [-0.25, -0.2) is 0 Å². The molecule has 1 aromatic rings. The van der Waals surface area contributed by atoms with Crippen molar-refractivity contribution in [3.63, 3.8) is 0 Å². The Hall–Kier alpha value is -1.63. The predicted octanol–water partition coefficient (Wildman–Crippen LogP) is 1.50. The first-order valence-electron chi connectivity index (χ1n) is 9.02. The molecule has 2 aliphatic rings. The van der Waals surface area contributed by atoms with E-state index in [0.29, 0.717) is 36.5 Å². The molecule has 0 spiro atoms. The molecule has 0 radical (unpaired) electrons. The number of ether oxygens (including phenoxy) is 3. The number of amides is 1. The Balaban J connectivity index is 1.67. The molecule has 1 aromatic carbocycles. The largest absolute Gasteiger partial charge is 0.490 e. The summed E-state index contributed by atoms with van der Waals surface area (Å²) in [7, 11) is 1.64. The van der Waals surface area contributed by atoms with Crippen LogP contribution < -0.4 is 4.74 Å². The minimum absolute atomic E-state index is 0.0515. The summed E-state index contributed by atoms with van der Waals surface area (Å²) in [6.07, 6.45) is 0. The summed E-state index contributed by atoms with van der Waals surface area (Å²) < 4.78 is 16.2. The van der Waals surface area contributed by atoms with Crippen molar-refractivity contribution in [3.8, 4) is 5.75 Å². The van der Waals surface area contributed by atoms with E-state index < -0.39 is 0 Å². The lowest BCUT2D eigenvalue weighted by Gasteiger charge is -2.34. The molecule has 0 saturated carbocycles. The summed E-state index contributed by atoms with van der Waals surface area (Å²) in [4.78, 5) is 17.5. The van der Waals surface area contributed by atoms with Gasteiger partial charge in [-0.1, -0.05) is 19.1 Å². The molecule has 2 heterocycles. The average molecular weight is 348 g/mol. The number of carbonyl (C=O) groups excluding carboxylic acids is 1. The van der Waals surface area contributed by atoms with E-state index in [0.717, 1.165) is 39.4 Å². The highest BCUT2D eigenvalue weighted by atomic mass is 16.5. The van der Waals surface area contributed by atoms with Crippen LogP contribution in [0.15, 0.2) is 24.3 Å². The molecule has 2 saturated heterocycles. The molecule has 0 aliphatic carbocycles. The molecule has 6 nitrogen and oxygen atoms in total. The Labute approximate surface area is 149 Å². The molecule has 25 heavy (non-hydrogen) atoms. The van der Waals surface area contributed by atoms with Gasteiger partial charge in [0.1, 0.15) is 12.4 Å². The molecule has 2 atom stereocenters. The Bertz CT molecular complexity index is 574. The van der Waals surface area contributed by atoms with Gasteiger partial charge in [-0.05, 0) is 18.1 Å². The second-order valence-corrected chi connectivity index (χ2v) is 6.74. The Morgan fingerprint density at radius 1 is 1.20 bits per heavy atom. The Kier molecular flexibility index (Phi) is 6.29. The highest BCUT2D eigenvalue weighted by Gasteiger charge is 2.37. The fourth-order valence-electron chi connectivity index (χ4n) is 3.67. The van der Waals surface area contributed by atoms with Gasteiger partial charge in [-0.15, -0.1) is 0 Å². The summed E-state index contributed by atoms with van der Waals surface area (Å²) in [5.41, 5.74) is 0.633. The van der Waals surface area contributed by atoms with Crippen LogP contribution in [0.1, 0.15) is 17.3 Å². The van der Waals surface area contributed by atoms with Gasteiger partial charge < -0.3 is 19.1 Å². The third kappa shape index (κ3) is 4.32. The highest BCUT2D eigenvalue weighted by molar-refractivity contribution is 5.97. The molecule has 6 heteroatoms. The predicted molar refractivity (Wildman–Crippen MR) is 95.1 cm³/mol. The van der Waals surface area contributed by atoms with E-state index in [1.54, 1.807) is 7.11 Å². The number of morpholine rings is 1. The lowest BCUT2D eigenvalue weighted by atomic mass is 10.0. The number of para-hydroxylation sites is 1. The topological polar surface area (TPSA) is 51.2 Å². The molecule has 1 amide bonds. The maximum atomic E-state index is 13.0. The first kappa shape index (κ1) is 18.2. The third-order valence-electron chi connectivity index (χ3n) is 5.04. The number of hydrogen-bond donors (Lipinski definition) is 0. The lowest BCUT2D eigenvalue weighted by Crippen LogP contribution is -2.47. The van der Waals surface area contributed by atoms with E-state index >= 15 is 0 Å². The van der Waals surface area contributed by atoms with Crippen LogP contribution >= 0.6 is 0 Å². The SMILES string of the molecule is COCCOc1ccccc1C(=O)N1C[C@H](C)[C@@H](N2CCOCC2)C1. The summed E-state index contributed by atoms with van der Waals surface area (Å²) in [5, 5.41) is 0. The maximum Gasteiger partial charge on any atom is 0.257 e. The summed E-state index contributed by atoms with van der Waals surface area (Å²) in [6.45, 7) is 8.20. The van der Waals surface area contributed by atoms with Crippen molar-refractivity contribution >= 4 is 5.91 Å². The monoisotopic (exact) mass is 348 g/mol. The Morgan fingerprint density at radius 2 is 1.96 bits per heavy atom. The number of likely N-dealkylation sites (tertiary alicyclic amines) is 1. The van der Waals surface area contributed by atoms with Gasteiger partial charge in [0.05, 0.1) is 25.4 Å². The zero-order chi connectivity index (χ0) is 17.6. The van der Waals surface area contributed by atoms with E-state index in [4.69, 9.17) is 14.2 Å². The van der Waals surface area contributed by atoms with Crippen LogP contribution in [0.3, 0.4) is 0 Å². The highest BCUT2D eigenvalue weighted by Crippen LogP contribution is 2.27. The van der Waals surface area contributed by atoms with Gasteiger partial charge >= 0.3 is 0 Å². The number of hydrogen-bond acceptors (Lipinski definition) is 5. The summed E-state index contributed by atoms with van der Waals surface area (Å²) >= 11 is 0. The smallest absolute Gasteiger partial charge is 0.257 e. The molecule has 0 N–H and O–H groups in total. The van der Waals surface area contributed by atoms with Gasteiger partial charge in [-0.2, -0.15) is 0 Å². The number of benzene rings is 1. The van der Waals surface area contributed by atoms with Gasteiger partial charge in [0.15, 0.2) is 0 Å². The Morgan fingerprint density at radius 3 is 2.72 bits per heavy atom. The van der Waals surface area contributed by atoms with Crippen LogP contribution in [0.25, 0.3) is 0 Å². The van der Waals surface area contributed by atoms with E-state index in [1.807, 2.05) is 29.2 Å². The lowest BCUT2D eigenvalue weighted by molar-refractivity contribution is 0.0119. The van der Waals surface area contributed by atoms with Gasteiger partial charge in [0.2, 0.25) is 0 Å². The molecule has 0 bridgehead atoms. The first-order valence-corrected chi connectivity index (χ1v) is 9.02. The second-order valence-electron chi connectivity index (χ2n) is 6.74. The molecular weight excluding hydrogens is 320 g/mol. The fourth-order valence-corrected chi connectivity index (χ4v) is 3.67. The molecule has 0 unspecified atom stereocenters. The van der Waals surface area contributed by atoms with Crippen LogP contribution in [0.2, 0.25) is 0 Å². The summed E-state index contributed by atoms with van der Waals surface area (Å²) in [6, 6.07) is 7.88. The molecular formula is C19H28N2O4. The van der Waals surface area contributed by atoms with Crippen molar-refractivity contribution in [2.45, 2.75) is 13.0 Å². The van der Waals surface area contributed by atoms with Crippen molar-refractivity contribution in [3.05, 3.63) is 29.8 Å². The van der Waals surface area contributed by atoms with E-state index in [-0.39, 0.29) is 5.91 Å². The van der Waals surface area contributed by atoms with Crippen LogP contribution in [0.4, 0.5) is 0 Å². The summed E-state index contributed by atoms with van der Waals surface area (Å²) in [5.74, 6) is 1.14. The third-order valence-corrected chi connectivity index (χ3v) is 5.04. The number of methoxy groups -OCH3 is 1. The molecule has 0 aromatic heterocycles. The van der Waals surface area contributed by atoms with Gasteiger partial charge in [0.25, 0.3) is 5.91 Å². The quantitative estimate of drug-likeness (QED) is 0.730. The zero-order valence-electron chi connectivity index (χ0n) is 15.1. The van der Waals surface area contributed by atoms with Crippen molar-refractivity contribution in [2.24, 2.45) is 5.92 Å². The van der Waals surface area contributed by atoms with E-state index in [9.17, 15) is 4.79 Å². The molecule has 138 valence electrons. The van der Waals surface area contributed by atoms with Gasteiger partial charge in [-0.3, -0.25) is 9.69 Å². The van der Waals surface area contributed by atoms with Gasteiger partial charge in [0, 0.05) is 39.3 Å². The van der Waals surface area contributed by atoms with Crippen LogP contribution in [-0.4, -0.2) is 81.5 Å². The number of carbonyl (C=O) groups is 1. The van der Waals surface area contributed by atoms with E-state index in [2.05, 4.69) is 11.8 Å². The maximum absolute atomic E-state index is 13.0. The minimum Gasteiger partial charge on any atom is -0.490 e. The minimum atomic E-state index is 0.0515. The molecule has 2 aliphatic heterocycles. The average Bonchev–Trinajstić information content (AvgIpc) is 3.04. The number of rotatable bonds is 6. The normalized spacial score (nSPS) is 24.5.